The van der Waals surface area contributed by atoms with Gasteiger partial charge in [-0.25, -0.2) is 12.8 Å². The molecule has 2 nitrogen and oxygen atoms in total. The van der Waals surface area contributed by atoms with Crippen molar-refractivity contribution in [2.24, 2.45) is 0 Å². The van der Waals surface area contributed by atoms with Crippen LogP contribution in [0.1, 0.15) is 23.1 Å². The highest BCUT2D eigenvalue weighted by molar-refractivity contribution is 7.90. The van der Waals surface area contributed by atoms with Gasteiger partial charge in [0.2, 0.25) is 0 Å². The number of hydrogen-bond acceptors (Lipinski definition) is 2. The van der Waals surface area contributed by atoms with E-state index in [1.165, 1.54) is 18.2 Å². The molecule has 0 saturated heterocycles. The van der Waals surface area contributed by atoms with E-state index >= 15 is 0 Å². The monoisotopic (exact) mass is 382 g/mol. The van der Waals surface area contributed by atoms with E-state index < -0.39 is 27.4 Å². The highest BCUT2D eigenvalue weighted by Crippen LogP contribution is 2.39. The predicted octanol–water partition coefficient (Wildman–Crippen LogP) is 5.12. The zero-order valence-electron chi connectivity index (χ0n) is 13.6. The summed E-state index contributed by atoms with van der Waals surface area (Å²) in [5.41, 5.74) is 0.871. The molecule has 1 aliphatic rings. The molecule has 0 bridgehead atoms. The number of alkyl halides is 3. The van der Waals surface area contributed by atoms with Crippen LogP contribution in [0.25, 0.3) is 11.1 Å². The van der Waals surface area contributed by atoms with E-state index in [0.717, 1.165) is 18.4 Å². The Morgan fingerprint density at radius 1 is 0.885 bits per heavy atom. The van der Waals surface area contributed by atoms with Gasteiger partial charge in [0.25, 0.3) is 0 Å². The molecule has 1 aliphatic carbocycles. The van der Waals surface area contributed by atoms with Crippen molar-refractivity contribution in [3.05, 3.63) is 77.1 Å². The Balaban J connectivity index is 1.99. The van der Waals surface area contributed by atoms with Crippen LogP contribution in [-0.4, -0.2) is 14.7 Å². The summed E-state index contributed by atoms with van der Waals surface area (Å²) in [5, 5.41) is 0. The van der Waals surface area contributed by atoms with Gasteiger partial charge in [0.1, 0.15) is 5.82 Å². The predicted molar refractivity (Wildman–Crippen MR) is 91.5 cm³/mol. The first kappa shape index (κ1) is 18.4. The summed E-state index contributed by atoms with van der Waals surface area (Å²) in [6.45, 7) is 0. The normalized spacial score (nSPS) is 15.0. The lowest BCUT2D eigenvalue weighted by molar-refractivity contribution is -0.140. The molecule has 0 N–H and O–H groups in total. The van der Waals surface area contributed by atoms with Crippen LogP contribution in [0.3, 0.4) is 0 Å². The number of benzene rings is 2. The van der Waals surface area contributed by atoms with Crippen molar-refractivity contribution < 1.29 is 26.0 Å². The van der Waals surface area contributed by atoms with Gasteiger partial charge in [0.05, 0.1) is 10.5 Å². The maximum absolute atomic E-state index is 13.5. The van der Waals surface area contributed by atoms with E-state index in [9.17, 15) is 26.0 Å². The first-order valence-corrected chi connectivity index (χ1v) is 9.55. The van der Waals surface area contributed by atoms with Gasteiger partial charge in [0.15, 0.2) is 9.84 Å². The van der Waals surface area contributed by atoms with Crippen LogP contribution in [0.5, 0.6) is 0 Å². The van der Waals surface area contributed by atoms with Gasteiger partial charge in [-0.1, -0.05) is 30.4 Å². The molecule has 0 amide bonds. The molecule has 3 rings (SSSR count). The maximum atomic E-state index is 13.5. The number of hydrogen-bond donors (Lipinski definition) is 0. The molecule has 0 heterocycles. The van der Waals surface area contributed by atoms with Gasteiger partial charge in [0, 0.05) is 6.26 Å². The average Bonchev–Trinajstić information content (AvgIpc) is 3.03. The van der Waals surface area contributed by atoms with Gasteiger partial charge in [-0.15, -0.1) is 0 Å². The molecule has 0 aromatic heterocycles. The van der Waals surface area contributed by atoms with Crippen molar-refractivity contribution in [2.75, 3.05) is 6.26 Å². The van der Waals surface area contributed by atoms with E-state index in [0.29, 0.717) is 23.1 Å². The maximum Gasteiger partial charge on any atom is 0.419 e. The van der Waals surface area contributed by atoms with Crippen LogP contribution >= 0.6 is 0 Å². The smallest absolute Gasteiger partial charge is 0.224 e. The molecule has 0 radical (unpaired) electrons. The molecule has 136 valence electrons. The highest BCUT2D eigenvalue weighted by Gasteiger charge is 2.34. The van der Waals surface area contributed by atoms with E-state index in [4.69, 9.17) is 0 Å². The van der Waals surface area contributed by atoms with Crippen molar-refractivity contribution in [2.45, 2.75) is 17.5 Å². The SMILES string of the molecule is CS(=O)(=O)c1ccc(C2=CCC=C2c2ccc(F)c(C(F)(F)F)c2)cc1. The molecule has 0 saturated carbocycles. The molecule has 2 aromatic carbocycles. The second-order valence-electron chi connectivity index (χ2n) is 5.96. The van der Waals surface area contributed by atoms with Crippen molar-refractivity contribution in [3.8, 4) is 0 Å². The number of allylic oxidation sites excluding steroid dienone is 4. The Morgan fingerprint density at radius 3 is 1.96 bits per heavy atom. The van der Waals surface area contributed by atoms with Crippen LogP contribution in [0, 0.1) is 5.82 Å². The van der Waals surface area contributed by atoms with Gasteiger partial charge >= 0.3 is 6.18 Å². The topological polar surface area (TPSA) is 34.1 Å². The van der Waals surface area contributed by atoms with Crippen molar-refractivity contribution >= 4 is 21.0 Å². The quantitative estimate of drug-likeness (QED) is 0.691. The Labute approximate surface area is 148 Å². The van der Waals surface area contributed by atoms with Crippen LogP contribution in [-0.2, 0) is 16.0 Å². The van der Waals surface area contributed by atoms with Gasteiger partial charge in [-0.05, 0) is 53.0 Å². The third-order valence-electron chi connectivity index (χ3n) is 4.11. The summed E-state index contributed by atoms with van der Waals surface area (Å²) < 4.78 is 75.5. The Bertz CT molecular complexity index is 1010. The zero-order chi connectivity index (χ0) is 19.1. The number of sulfone groups is 1. The molecule has 0 fully saturated rings. The van der Waals surface area contributed by atoms with Crippen LogP contribution in [0.4, 0.5) is 17.6 Å². The largest absolute Gasteiger partial charge is 0.419 e. The van der Waals surface area contributed by atoms with E-state index in [1.807, 2.05) is 6.08 Å². The molecule has 0 unspecified atom stereocenters. The molecule has 2 aromatic rings. The fourth-order valence-corrected chi connectivity index (χ4v) is 3.48. The first-order valence-electron chi connectivity index (χ1n) is 7.65. The van der Waals surface area contributed by atoms with Crippen LogP contribution in [0.2, 0.25) is 0 Å². The molecule has 0 atom stereocenters. The molecular weight excluding hydrogens is 368 g/mol. The summed E-state index contributed by atoms with van der Waals surface area (Å²) in [6, 6.07) is 9.03. The third kappa shape index (κ3) is 3.58. The minimum absolute atomic E-state index is 0.159. The van der Waals surface area contributed by atoms with E-state index in [1.54, 1.807) is 18.2 Å². The van der Waals surface area contributed by atoms with Crippen molar-refractivity contribution in [1.29, 1.82) is 0 Å². The highest BCUT2D eigenvalue weighted by atomic mass is 32.2. The third-order valence-corrected chi connectivity index (χ3v) is 5.24. The summed E-state index contributed by atoms with van der Waals surface area (Å²) in [7, 11) is -3.34. The minimum Gasteiger partial charge on any atom is -0.224 e. The van der Waals surface area contributed by atoms with Crippen LogP contribution in [0.15, 0.2) is 59.5 Å². The summed E-state index contributed by atoms with van der Waals surface area (Å²) in [5.74, 6) is -1.32. The lowest BCUT2D eigenvalue weighted by Gasteiger charge is -2.14. The van der Waals surface area contributed by atoms with Crippen LogP contribution < -0.4 is 0 Å². The Hall–Kier alpha value is -2.41. The fraction of sp³-hybridized carbons (Fsp3) is 0.158. The summed E-state index contributed by atoms with van der Waals surface area (Å²) in [4.78, 5) is 0.159. The summed E-state index contributed by atoms with van der Waals surface area (Å²) in [6.07, 6.45) is 0.436. The average molecular weight is 382 g/mol. The second kappa shape index (κ2) is 6.39. The van der Waals surface area contributed by atoms with Gasteiger partial charge in [-0.3, -0.25) is 0 Å². The first-order chi connectivity index (χ1) is 12.1. The van der Waals surface area contributed by atoms with Gasteiger partial charge in [-0.2, -0.15) is 13.2 Å². The molecule has 0 aliphatic heterocycles. The summed E-state index contributed by atoms with van der Waals surface area (Å²) >= 11 is 0. The number of halogens is 4. The molecular formula is C19H14F4O2S. The fourth-order valence-electron chi connectivity index (χ4n) is 2.85. The molecule has 7 heteroatoms. The molecule has 0 spiro atoms. The second-order valence-corrected chi connectivity index (χ2v) is 7.98. The van der Waals surface area contributed by atoms with E-state index in [-0.39, 0.29) is 10.5 Å². The van der Waals surface area contributed by atoms with Crippen molar-refractivity contribution in [1.82, 2.24) is 0 Å². The Kier molecular flexibility index (Phi) is 4.52. The Morgan fingerprint density at radius 2 is 1.42 bits per heavy atom. The number of rotatable bonds is 3. The lowest BCUT2D eigenvalue weighted by Crippen LogP contribution is -2.08. The van der Waals surface area contributed by atoms with Gasteiger partial charge < -0.3 is 0 Å². The zero-order valence-corrected chi connectivity index (χ0v) is 14.5. The standard InChI is InChI=1S/C19H14F4O2S/c1-26(24,25)14-8-5-12(6-9-14)15-3-2-4-16(15)13-7-10-18(20)17(11-13)19(21,22)23/h3-11H,2H2,1H3. The minimum atomic E-state index is -4.78. The van der Waals surface area contributed by atoms with E-state index in [2.05, 4.69) is 0 Å². The molecule has 26 heavy (non-hydrogen) atoms. The lowest BCUT2D eigenvalue weighted by atomic mass is 9.94. The van der Waals surface area contributed by atoms with Crippen molar-refractivity contribution in [3.63, 3.8) is 0 Å².